The van der Waals surface area contributed by atoms with E-state index >= 15 is 0 Å². The number of rotatable bonds is 7. The summed E-state index contributed by atoms with van der Waals surface area (Å²) in [7, 11) is 0. The van der Waals surface area contributed by atoms with Crippen molar-refractivity contribution in [1.29, 1.82) is 0 Å². The highest BCUT2D eigenvalue weighted by atomic mass is 32.2. The first-order valence-electron chi connectivity index (χ1n) is 10.5. The van der Waals surface area contributed by atoms with E-state index in [1.807, 2.05) is 23.1 Å². The van der Waals surface area contributed by atoms with E-state index in [0.29, 0.717) is 6.54 Å². The molecule has 0 saturated carbocycles. The Morgan fingerprint density at radius 3 is 2.68 bits per heavy atom. The number of carbonyl (C=O) groups is 2. The number of piperidine rings is 1. The van der Waals surface area contributed by atoms with Crippen LogP contribution < -0.4 is 10.2 Å². The molecule has 2 amide bonds. The summed E-state index contributed by atoms with van der Waals surface area (Å²) in [6.45, 7) is 9.42. The van der Waals surface area contributed by atoms with Gasteiger partial charge in [-0.15, -0.1) is 11.8 Å². The van der Waals surface area contributed by atoms with Crippen molar-refractivity contribution in [3.8, 4) is 0 Å². The van der Waals surface area contributed by atoms with Crippen LogP contribution in [-0.2, 0) is 9.59 Å². The predicted octanol–water partition coefficient (Wildman–Crippen LogP) is 3.39. The Morgan fingerprint density at radius 2 is 1.89 bits per heavy atom. The summed E-state index contributed by atoms with van der Waals surface area (Å²) in [5.74, 6) is 2.46. The van der Waals surface area contributed by atoms with Gasteiger partial charge in [0, 0.05) is 49.7 Å². The molecule has 0 bridgehead atoms. The first kappa shape index (κ1) is 21.2. The Kier molecular flexibility index (Phi) is 7.80. The highest BCUT2D eigenvalue weighted by Crippen LogP contribution is 2.34. The summed E-state index contributed by atoms with van der Waals surface area (Å²) in [4.78, 5) is 30.2. The van der Waals surface area contributed by atoms with Crippen molar-refractivity contribution in [2.45, 2.75) is 44.4 Å². The van der Waals surface area contributed by atoms with Crippen LogP contribution in [0.4, 0.5) is 5.69 Å². The van der Waals surface area contributed by atoms with Crippen molar-refractivity contribution in [3.63, 3.8) is 0 Å². The molecule has 154 valence electrons. The second-order valence-electron chi connectivity index (χ2n) is 8.27. The number of hydrogen-bond donors (Lipinski definition) is 1. The van der Waals surface area contributed by atoms with Crippen molar-refractivity contribution >= 4 is 29.3 Å². The molecule has 1 fully saturated rings. The first-order chi connectivity index (χ1) is 13.5. The van der Waals surface area contributed by atoms with E-state index in [9.17, 15) is 9.59 Å². The maximum absolute atomic E-state index is 12.6. The summed E-state index contributed by atoms with van der Waals surface area (Å²) >= 11 is 1.78. The smallest absolute Gasteiger partial charge is 0.227 e. The van der Waals surface area contributed by atoms with E-state index in [-0.39, 0.29) is 24.7 Å². The third kappa shape index (κ3) is 5.98. The highest BCUT2D eigenvalue weighted by molar-refractivity contribution is 7.99. The van der Waals surface area contributed by atoms with Crippen LogP contribution in [0.3, 0.4) is 0 Å². The van der Waals surface area contributed by atoms with Gasteiger partial charge in [0.1, 0.15) is 0 Å². The summed E-state index contributed by atoms with van der Waals surface area (Å²) in [5, 5.41) is 2.98. The lowest BCUT2D eigenvalue weighted by molar-refractivity contribution is -0.125. The molecule has 0 aliphatic carbocycles. The topological polar surface area (TPSA) is 52.7 Å². The molecule has 5 nitrogen and oxygen atoms in total. The number of nitrogens with one attached hydrogen (secondary N) is 1. The molecule has 6 heteroatoms. The molecule has 0 radical (unpaired) electrons. The van der Waals surface area contributed by atoms with Crippen LogP contribution in [0.15, 0.2) is 29.2 Å². The van der Waals surface area contributed by atoms with Crippen molar-refractivity contribution in [2.75, 3.05) is 43.4 Å². The molecule has 2 atom stereocenters. The van der Waals surface area contributed by atoms with E-state index in [2.05, 4.69) is 30.1 Å². The quantitative estimate of drug-likeness (QED) is 0.709. The Bertz CT molecular complexity index is 672. The third-order valence-corrected chi connectivity index (χ3v) is 6.56. The summed E-state index contributed by atoms with van der Waals surface area (Å²) in [5.41, 5.74) is 0.981. The fourth-order valence-corrected chi connectivity index (χ4v) is 5.37. The van der Waals surface area contributed by atoms with Crippen molar-refractivity contribution < 1.29 is 9.59 Å². The van der Waals surface area contributed by atoms with Gasteiger partial charge in [-0.1, -0.05) is 26.0 Å². The molecule has 2 aliphatic heterocycles. The lowest BCUT2D eigenvalue weighted by Crippen LogP contribution is -2.40. The molecule has 1 N–H and O–H groups in total. The molecule has 1 aromatic carbocycles. The van der Waals surface area contributed by atoms with Crippen LogP contribution in [0, 0.1) is 11.8 Å². The number of thioether (sulfide) groups is 1. The van der Waals surface area contributed by atoms with Crippen LogP contribution in [0.1, 0.15) is 39.5 Å². The number of hydrogen-bond acceptors (Lipinski definition) is 4. The van der Waals surface area contributed by atoms with Crippen molar-refractivity contribution in [1.82, 2.24) is 10.2 Å². The molecule has 2 heterocycles. The second kappa shape index (κ2) is 10.3. The minimum absolute atomic E-state index is 0.0200. The van der Waals surface area contributed by atoms with Crippen LogP contribution in [-0.4, -0.2) is 55.2 Å². The average Bonchev–Trinajstić information content (AvgIpc) is 2.68. The van der Waals surface area contributed by atoms with Gasteiger partial charge >= 0.3 is 0 Å². The number of benzene rings is 1. The lowest BCUT2D eigenvalue weighted by atomic mass is 9.92. The van der Waals surface area contributed by atoms with Gasteiger partial charge in [-0.3, -0.25) is 9.59 Å². The molecule has 3 rings (SSSR count). The monoisotopic (exact) mass is 403 g/mol. The molecule has 1 saturated heterocycles. The number of nitrogens with zero attached hydrogens (tertiary/aromatic N) is 2. The van der Waals surface area contributed by atoms with Crippen LogP contribution in [0.2, 0.25) is 0 Å². The van der Waals surface area contributed by atoms with E-state index in [1.165, 1.54) is 19.5 Å². The van der Waals surface area contributed by atoms with E-state index in [0.717, 1.165) is 47.7 Å². The summed E-state index contributed by atoms with van der Waals surface area (Å²) < 4.78 is 0. The zero-order chi connectivity index (χ0) is 19.9. The molecule has 28 heavy (non-hydrogen) atoms. The number of amides is 2. The van der Waals surface area contributed by atoms with Gasteiger partial charge in [0.25, 0.3) is 0 Å². The largest absolute Gasteiger partial charge is 0.356 e. The maximum atomic E-state index is 12.6. The minimum atomic E-state index is -0.0200. The number of anilines is 1. The lowest BCUT2D eigenvalue weighted by Gasteiger charge is -2.34. The van der Waals surface area contributed by atoms with Crippen molar-refractivity contribution in [3.05, 3.63) is 24.3 Å². The fourth-order valence-electron chi connectivity index (χ4n) is 4.38. The first-order valence-corrected chi connectivity index (χ1v) is 11.5. The molecular weight excluding hydrogens is 370 g/mol. The molecule has 2 aliphatic rings. The SMILES string of the molecule is CC1CC(C)CN(CCCNC(=O)CCC(=O)N2CCSc3ccccc32)C1. The third-order valence-electron chi connectivity index (χ3n) is 5.51. The summed E-state index contributed by atoms with van der Waals surface area (Å²) in [6.07, 6.45) is 2.83. The number of carbonyl (C=O) groups excluding carboxylic acids is 2. The van der Waals surface area contributed by atoms with Gasteiger partial charge in [-0.2, -0.15) is 0 Å². The second-order valence-corrected chi connectivity index (χ2v) is 9.41. The van der Waals surface area contributed by atoms with Gasteiger partial charge in [0.15, 0.2) is 0 Å². The number of fused-ring (bicyclic) bond motifs is 1. The summed E-state index contributed by atoms with van der Waals surface area (Å²) in [6, 6.07) is 8.00. The normalized spacial score (nSPS) is 22.6. The van der Waals surface area contributed by atoms with Gasteiger partial charge in [-0.05, 0) is 43.4 Å². The predicted molar refractivity (Wildman–Crippen MR) is 116 cm³/mol. The number of likely N-dealkylation sites (tertiary alicyclic amines) is 1. The number of para-hydroxylation sites is 1. The zero-order valence-electron chi connectivity index (χ0n) is 17.2. The Hall–Kier alpha value is -1.53. The fraction of sp³-hybridized carbons (Fsp3) is 0.636. The minimum Gasteiger partial charge on any atom is -0.356 e. The van der Waals surface area contributed by atoms with E-state index < -0.39 is 0 Å². The van der Waals surface area contributed by atoms with E-state index in [1.54, 1.807) is 11.8 Å². The molecule has 1 aromatic rings. The standard InChI is InChI=1S/C22H33N3O2S/c1-17-14-18(2)16-24(15-17)11-5-10-23-21(26)8-9-22(27)25-12-13-28-20-7-4-3-6-19(20)25/h3-4,6-7,17-18H,5,8-16H2,1-2H3,(H,23,26). The van der Waals surface area contributed by atoms with Crippen LogP contribution in [0.25, 0.3) is 0 Å². The zero-order valence-corrected chi connectivity index (χ0v) is 18.0. The molecule has 2 unspecified atom stereocenters. The van der Waals surface area contributed by atoms with Gasteiger partial charge in [-0.25, -0.2) is 0 Å². The Labute approximate surface area is 173 Å². The molecule has 0 aromatic heterocycles. The van der Waals surface area contributed by atoms with Gasteiger partial charge in [0.05, 0.1) is 5.69 Å². The van der Waals surface area contributed by atoms with Gasteiger partial charge < -0.3 is 15.1 Å². The Morgan fingerprint density at radius 1 is 1.14 bits per heavy atom. The van der Waals surface area contributed by atoms with E-state index in [4.69, 9.17) is 0 Å². The van der Waals surface area contributed by atoms with Crippen LogP contribution in [0.5, 0.6) is 0 Å². The molecule has 0 spiro atoms. The molecular formula is C22H33N3O2S. The Balaban J connectivity index is 1.34. The highest BCUT2D eigenvalue weighted by Gasteiger charge is 2.23. The average molecular weight is 404 g/mol. The maximum Gasteiger partial charge on any atom is 0.227 e. The van der Waals surface area contributed by atoms with Crippen LogP contribution >= 0.6 is 11.8 Å². The van der Waals surface area contributed by atoms with Gasteiger partial charge in [0.2, 0.25) is 11.8 Å². The van der Waals surface area contributed by atoms with Crippen molar-refractivity contribution in [2.24, 2.45) is 11.8 Å².